The fourth-order valence-corrected chi connectivity index (χ4v) is 6.20. The lowest BCUT2D eigenvalue weighted by Crippen LogP contribution is -2.32. The number of esters is 1. The molecule has 4 nitrogen and oxygen atoms in total. The van der Waals surface area contributed by atoms with Crippen molar-refractivity contribution < 1.29 is 14.3 Å². The maximum absolute atomic E-state index is 13.4. The Hall–Kier alpha value is -2.27. The first-order valence-electron chi connectivity index (χ1n) is 10.9. The van der Waals surface area contributed by atoms with Gasteiger partial charge in [-0.3, -0.25) is 4.79 Å². The molecule has 1 atom stereocenters. The number of nitrogens with zero attached hydrogens (tertiary/aromatic N) is 1. The van der Waals surface area contributed by atoms with E-state index in [9.17, 15) is 9.59 Å². The number of ketones is 1. The van der Waals surface area contributed by atoms with Crippen molar-refractivity contribution >= 4 is 23.5 Å². The molecule has 5 rings (SSSR count). The van der Waals surface area contributed by atoms with Gasteiger partial charge in [0.05, 0.1) is 23.7 Å². The second-order valence-electron chi connectivity index (χ2n) is 8.64. The Bertz CT molecular complexity index is 998. The van der Waals surface area contributed by atoms with Gasteiger partial charge in [0.1, 0.15) is 0 Å². The summed E-state index contributed by atoms with van der Waals surface area (Å²) in [4.78, 5) is 29.2. The van der Waals surface area contributed by atoms with Crippen molar-refractivity contribution in [3.63, 3.8) is 0 Å². The average molecular weight is 422 g/mol. The smallest absolute Gasteiger partial charge is 0.337 e. The van der Waals surface area contributed by atoms with Crippen molar-refractivity contribution in [2.75, 3.05) is 7.11 Å². The van der Waals surface area contributed by atoms with Gasteiger partial charge < -0.3 is 9.64 Å². The van der Waals surface area contributed by atoms with Gasteiger partial charge in [-0.2, -0.15) is 0 Å². The first-order valence-corrected chi connectivity index (χ1v) is 11.7. The Labute approximate surface area is 182 Å². The molecule has 2 aliphatic carbocycles. The topological polar surface area (TPSA) is 46.6 Å². The number of allylic oxidation sites excluding steroid dienone is 4. The zero-order chi connectivity index (χ0) is 20.8. The molecule has 0 radical (unpaired) electrons. The van der Waals surface area contributed by atoms with Gasteiger partial charge in [-0.15, -0.1) is 0 Å². The van der Waals surface area contributed by atoms with Gasteiger partial charge in [0.15, 0.2) is 5.78 Å². The van der Waals surface area contributed by atoms with Crippen LogP contribution in [0, 0.1) is 5.92 Å². The minimum Gasteiger partial charge on any atom is -0.465 e. The second-order valence-corrected chi connectivity index (χ2v) is 9.75. The molecule has 30 heavy (non-hydrogen) atoms. The molecule has 156 valence electrons. The number of rotatable bonds is 4. The number of hydrogen-bond acceptors (Lipinski definition) is 5. The van der Waals surface area contributed by atoms with Crippen LogP contribution in [0.1, 0.15) is 73.8 Å². The fraction of sp³-hybridized carbons (Fsp3) is 0.440. The third-order valence-electron chi connectivity index (χ3n) is 6.55. The number of fused-ring (bicyclic) bond motifs is 2. The standard InChI is InChI=1S/C25H27NO3S/c1-15-14-21-26(19-6-4-3-5-7-20(19)30-21)23(22(15)24(27)17-10-11-17)16-8-12-18(13-9-16)25(28)29-2/h8-9,12-14,17,23H,3-7,10-11H2,1-2H3. The van der Waals surface area contributed by atoms with Gasteiger partial charge in [-0.1, -0.05) is 30.3 Å². The minimum atomic E-state index is -0.336. The summed E-state index contributed by atoms with van der Waals surface area (Å²) in [6, 6.07) is 7.52. The molecule has 4 aliphatic rings. The summed E-state index contributed by atoms with van der Waals surface area (Å²) in [6.45, 7) is 2.08. The van der Waals surface area contributed by atoms with Crippen LogP contribution in [0.5, 0.6) is 0 Å². The molecule has 1 aromatic carbocycles. The van der Waals surface area contributed by atoms with Gasteiger partial charge in [0.2, 0.25) is 0 Å². The highest BCUT2D eigenvalue weighted by Gasteiger charge is 2.44. The summed E-state index contributed by atoms with van der Waals surface area (Å²) in [5.74, 6) is 0.148. The molecular weight excluding hydrogens is 394 g/mol. The number of Topliss-reactive ketones (excluding diaryl/α,β-unsaturated/α-hetero) is 1. The van der Waals surface area contributed by atoms with Crippen molar-refractivity contribution in [1.29, 1.82) is 0 Å². The lowest BCUT2D eigenvalue weighted by atomic mass is 9.86. The minimum absolute atomic E-state index is 0.108. The van der Waals surface area contributed by atoms with Gasteiger partial charge >= 0.3 is 5.97 Å². The number of ether oxygens (including phenoxy) is 1. The third kappa shape index (κ3) is 3.33. The van der Waals surface area contributed by atoms with E-state index in [2.05, 4.69) is 17.9 Å². The van der Waals surface area contributed by atoms with E-state index in [0.29, 0.717) is 11.3 Å². The quantitative estimate of drug-likeness (QED) is 0.567. The van der Waals surface area contributed by atoms with E-state index < -0.39 is 0 Å². The summed E-state index contributed by atoms with van der Waals surface area (Å²) in [6.07, 6.45) is 10.1. The highest BCUT2D eigenvalue weighted by Crippen LogP contribution is 2.55. The molecule has 0 amide bonds. The van der Waals surface area contributed by atoms with Gasteiger partial charge in [-0.05, 0) is 74.8 Å². The van der Waals surface area contributed by atoms with Crippen LogP contribution in [0.3, 0.4) is 0 Å². The predicted octanol–water partition coefficient (Wildman–Crippen LogP) is 5.89. The molecule has 2 heterocycles. The van der Waals surface area contributed by atoms with Crippen molar-refractivity contribution in [2.24, 2.45) is 5.92 Å². The van der Waals surface area contributed by atoms with Crippen LogP contribution in [0.25, 0.3) is 0 Å². The number of methoxy groups -OCH3 is 1. The first-order chi connectivity index (χ1) is 14.6. The molecule has 1 saturated carbocycles. The number of thioether (sulfide) groups is 1. The third-order valence-corrected chi connectivity index (χ3v) is 7.76. The number of hydrogen-bond donors (Lipinski definition) is 0. The van der Waals surface area contributed by atoms with Crippen molar-refractivity contribution in [3.8, 4) is 0 Å². The van der Waals surface area contributed by atoms with Crippen LogP contribution in [0.15, 0.2) is 57.1 Å². The Morgan fingerprint density at radius 2 is 1.80 bits per heavy atom. The van der Waals surface area contributed by atoms with Gasteiger partial charge in [0, 0.05) is 22.1 Å². The number of carbonyl (C=O) groups is 2. The molecule has 0 saturated heterocycles. The lowest BCUT2D eigenvalue weighted by Gasteiger charge is -2.38. The largest absolute Gasteiger partial charge is 0.465 e. The van der Waals surface area contributed by atoms with Gasteiger partial charge in [-0.25, -0.2) is 4.79 Å². The molecule has 1 fully saturated rings. The predicted molar refractivity (Wildman–Crippen MR) is 119 cm³/mol. The van der Waals surface area contributed by atoms with Crippen molar-refractivity contribution in [1.82, 2.24) is 4.90 Å². The van der Waals surface area contributed by atoms with Gasteiger partial charge in [0.25, 0.3) is 0 Å². The van der Waals surface area contributed by atoms with E-state index in [4.69, 9.17) is 4.74 Å². The zero-order valence-corrected chi connectivity index (χ0v) is 18.4. The zero-order valence-electron chi connectivity index (χ0n) is 17.6. The van der Waals surface area contributed by atoms with E-state index >= 15 is 0 Å². The van der Waals surface area contributed by atoms with E-state index in [-0.39, 0.29) is 17.9 Å². The van der Waals surface area contributed by atoms with Crippen molar-refractivity contribution in [3.05, 3.63) is 68.2 Å². The summed E-state index contributed by atoms with van der Waals surface area (Å²) in [7, 11) is 1.40. The molecule has 1 unspecified atom stereocenters. The van der Waals surface area contributed by atoms with E-state index in [1.54, 1.807) is 0 Å². The Kier molecular flexibility index (Phi) is 5.10. The molecule has 0 N–H and O–H groups in total. The molecular formula is C25H27NO3S. The normalized spacial score (nSPS) is 23.6. The molecule has 1 aromatic rings. The van der Waals surface area contributed by atoms with E-state index in [1.807, 2.05) is 36.0 Å². The Morgan fingerprint density at radius 1 is 1.07 bits per heavy atom. The van der Waals surface area contributed by atoms with Crippen molar-refractivity contribution in [2.45, 2.75) is 57.9 Å². The number of benzene rings is 1. The highest BCUT2D eigenvalue weighted by atomic mass is 32.2. The monoisotopic (exact) mass is 421 g/mol. The average Bonchev–Trinajstić information content (AvgIpc) is 3.58. The van der Waals surface area contributed by atoms with E-state index in [0.717, 1.165) is 42.4 Å². The lowest BCUT2D eigenvalue weighted by molar-refractivity contribution is -0.117. The molecule has 0 bridgehead atoms. The summed E-state index contributed by atoms with van der Waals surface area (Å²) in [5, 5.41) is 1.24. The van der Waals surface area contributed by atoms with Crippen LogP contribution in [0.4, 0.5) is 0 Å². The number of carbonyl (C=O) groups excluding carboxylic acids is 2. The summed E-state index contributed by atoms with van der Waals surface area (Å²) in [5.41, 5.74) is 5.03. The van der Waals surface area contributed by atoms with E-state index in [1.165, 1.54) is 42.0 Å². The Morgan fingerprint density at radius 3 is 2.50 bits per heavy atom. The summed E-state index contributed by atoms with van der Waals surface area (Å²) >= 11 is 1.89. The Balaban J connectivity index is 1.61. The maximum Gasteiger partial charge on any atom is 0.337 e. The maximum atomic E-state index is 13.4. The van der Waals surface area contributed by atoms with Crippen LogP contribution in [0.2, 0.25) is 0 Å². The molecule has 2 aliphatic heterocycles. The van der Waals surface area contributed by atoms with Crippen LogP contribution < -0.4 is 0 Å². The second kappa shape index (κ2) is 7.77. The van der Waals surface area contributed by atoms with Crippen LogP contribution in [-0.2, 0) is 9.53 Å². The molecule has 5 heteroatoms. The first kappa shape index (κ1) is 19.7. The molecule has 0 aromatic heterocycles. The fourth-order valence-electron chi connectivity index (χ4n) is 4.83. The SMILES string of the molecule is COC(=O)c1ccc(C2C(C(=O)C3CC3)=C(C)C=C3SC4=C(CCCCC4)N32)cc1. The van der Waals surface area contributed by atoms with Crippen LogP contribution >= 0.6 is 11.8 Å². The summed E-state index contributed by atoms with van der Waals surface area (Å²) < 4.78 is 4.86. The highest BCUT2D eigenvalue weighted by molar-refractivity contribution is 8.06. The van der Waals surface area contributed by atoms with Crippen LogP contribution in [-0.4, -0.2) is 23.8 Å². The molecule has 0 spiro atoms.